The van der Waals surface area contributed by atoms with Gasteiger partial charge in [-0.05, 0) is 59.6 Å². The third kappa shape index (κ3) is 2.96. The van der Waals surface area contributed by atoms with Crippen LogP contribution in [0.1, 0.15) is 72.1 Å². The molecule has 0 atom stereocenters. The van der Waals surface area contributed by atoms with Gasteiger partial charge in [0.05, 0.1) is 11.1 Å². The van der Waals surface area contributed by atoms with Crippen molar-refractivity contribution in [1.29, 1.82) is 0 Å². The first-order chi connectivity index (χ1) is 11.8. The lowest BCUT2D eigenvalue weighted by molar-refractivity contribution is -0.121. The predicted octanol–water partition coefficient (Wildman–Crippen LogP) is 6.24. The molecule has 1 amide bonds. The smallest absolute Gasteiger partial charge is 0.241 e. The number of rotatable bonds is 1. The molecule has 0 radical (unpaired) electrons. The lowest BCUT2D eigenvalue weighted by Gasteiger charge is -2.23. The van der Waals surface area contributed by atoms with Crippen LogP contribution < -0.4 is 4.90 Å². The minimum Gasteiger partial charge on any atom is -0.280 e. The Morgan fingerprint density at radius 3 is 1.77 bits per heavy atom. The summed E-state index contributed by atoms with van der Waals surface area (Å²) < 4.78 is 0. The molecule has 0 saturated heterocycles. The van der Waals surface area contributed by atoms with Gasteiger partial charge in [0.15, 0.2) is 0 Å². The number of anilines is 2. The second kappa shape index (κ2) is 5.70. The van der Waals surface area contributed by atoms with Crippen molar-refractivity contribution < 1.29 is 4.79 Å². The average Bonchev–Trinajstić information content (AvgIpc) is 2.73. The third-order valence-corrected chi connectivity index (χ3v) is 5.51. The van der Waals surface area contributed by atoms with Gasteiger partial charge in [0.1, 0.15) is 0 Å². The summed E-state index contributed by atoms with van der Waals surface area (Å²) in [6, 6.07) is 14.9. The third-order valence-electron chi connectivity index (χ3n) is 5.51. The molecule has 1 heterocycles. The Morgan fingerprint density at radius 1 is 0.769 bits per heavy atom. The zero-order valence-corrected chi connectivity index (χ0v) is 17.4. The molecule has 26 heavy (non-hydrogen) atoms. The summed E-state index contributed by atoms with van der Waals surface area (Å²) >= 11 is 0. The molecule has 3 rings (SSSR count). The van der Waals surface area contributed by atoms with Crippen LogP contribution in [0.25, 0.3) is 0 Å². The fraction of sp³-hybridized carbons (Fsp3) is 0.458. The Morgan fingerprint density at radius 2 is 1.27 bits per heavy atom. The minimum absolute atomic E-state index is 0.0654. The van der Waals surface area contributed by atoms with Gasteiger partial charge in [0.25, 0.3) is 0 Å². The van der Waals surface area contributed by atoms with Crippen molar-refractivity contribution in [2.75, 3.05) is 4.90 Å². The van der Waals surface area contributed by atoms with Gasteiger partial charge in [-0.2, -0.15) is 0 Å². The lowest BCUT2D eigenvalue weighted by Crippen LogP contribution is -2.33. The molecule has 0 bridgehead atoms. The largest absolute Gasteiger partial charge is 0.280 e. The molecule has 138 valence electrons. The summed E-state index contributed by atoms with van der Waals surface area (Å²) in [5, 5.41) is 0. The normalized spacial score (nSPS) is 16.8. The van der Waals surface area contributed by atoms with Crippen molar-refractivity contribution in [2.24, 2.45) is 0 Å². The molecule has 0 unspecified atom stereocenters. The van der Waals surface area contributed by atoms with Crippen LogP contribution in [-0.2, 0) is 21.0 Å². The zero-order valence-electron chi connectivity index (χ0n) is 17.4. The van der Waals surface area contributed by atoms with Crippen LogP contribution in [0.2, 0.25) is 0 Å². The van der Waals surface area contributed by atoms with Gasteiger partial charge in [-0.15, -0.1) is 0 Å². The molecule has 0 spiro atoms. The maximum atomic E-state index is 13.3. The van der Waals surface area contributed by atoms with E-state index < -0.39 is 5.41 Å². The molecule has 2 aromatic carbocycles. The maximum absolute atomic E-state index is 13.3. The summed E-state index contributed by atoms with van der Waals surface area (Å²) in [6.45, 7) is 17.3. The highest BCUT2D eigenvalue weighted by Gasteiger charge is 2.45. The highest BCUT2D eigenvalue weighted by molar-refractivity contribution is 6.12. The molecule has 0 aromatic heterocycles. The molecular formula is C24H31NO. The van der Waals surface area contributed by atoms with E-state index in [1.165, 1.54) is 11.1 Å². The Balaban J connectivity index is 2.10. The Kier molecular flexibility index (Phi) is 4.10. The molecule has 2 nitrogen and oxygen atoms in total. The molecule has 0 fully saturated rings. The van der Waals surface area contributed by atoms with Gasteiger partial charge in [-0.3, -0.25) is 9.69 Å². The van der Waals surface area contributed by atoms with Crippen LogP contribution >= 0.6 is 0 Å². The van der Waals surface area contributed by atoms with Crippen molar-refractivity contribution >= 4 is 17.3 Å². The first-order valence-electron chi connectivity index (χ1n) is 9.43. The van der Waals surface area contributed by atoms with E-state index in [4.69, 9.17) is 0 Å². The summed E-state index contributed by atoms with van der Waals surface area (Å²) in [5.41, 5.74) is 5.27. The summed E-state index contributed by atoms with van der Waals surface area (Å²) in [5.74, 6) is 0.141. The molecule has 0 N–H and O–H groups in total. The van der Waals surface area contributed by atoms with Crippen molar-refractivity contribution in [3.05, 3.63) is 59.2 Å². The van der Waals surface area contributed by atoms with Crippen LogP contribution in [0.5, 0.6) is 0 Å². The standard InChI is InChI=1S/C24H31NO/c1-22(2,3)16-9-12-18(13-10-16)25-20-14-11-17(23(4,5)6)15-19(20)24(7,8)21(25)26/h9-15H,1-8H3. The predicted molar refractivity (Wildman–Crippen MR) is 110 cm³/mol. The molecule has 2 heteroatoms. The van der Waals surface area contributed by atoms with Crippen LogP contribution in [-0.4, -0.2) is 5.91 Å². The van der Waals surface area contributed by atoms with Gasteiger partial charge in [0, 0.05) is 5.69 Å². The van der Waals surface area contributed by atoms with Gasteiger partial charge in [-0.1, -0.05) is 65.8 Å². The number of carbonyl (C=O) groups excluding carboxylic acids is 1. The van der Waals surface area contributed by atoms with Crippen LogP contribution in [0.3, 0.4) is 0 Å². The number of carbonyl (C=O) groups is 1. The van der Waals surface area contributed by atoms with E-state index in [-0.39, 0.29) is 16.7 Å². The van der Waals surface area contributed by atoms with Crippen LogP contribution in [0, 0.1) is 0 Å². The van der Waals surface area contributed by atoms with Gasteiger partial charge >= 0.3 is 0 Å². The zero-order chi connectivity index (χ0) is 19.5. The van der Waals surface area contributed by atoms with Crippen molar-refractivity contribution in [3.8, 4) is 0 Å². The lowest BCUT2D eigenvalue weighted by atomic mass is 9.80. The molecule has 0 aliphatic carbocycles. The topological polar surface area (TPSA) is 20.3 Å². The fourth-order valence-electron chi connectivity index (χ4n) is 3.57. The quantitative estimate of drug-likeness (QED) is 0.597. The molecule has 2 aromatic rings. The highest BCUT2D eigenvalue weighted by atomic mass is 16.2. The highest BCUT2D eigenvalue weighted by Crippen LogP contribution is 2.46. The Labute approximate surface area is 158 Å². The van der Waals surface area contributed by atoms with Gasteiger partial charge in [0.2, 0.25) is 5.91 Å². The van der Waals surface area contributed by atoms with Crippen LogP contribution in [0.4, 0.5) is 11.4 Å². The van der Waals surface area contributed by atoms with E-state index in [2.05, 4.69) is 84.0 Å². The SMILES string of the molecule is CC(C)(C)c1ccc(N2C(=O)C(C)(C)c3cc(C(C)(C)C)ccc32)cc1. The number of amides is 1. The van der Waals surface area contributed by atoms with Crippen LogP contribution in [0.15, 0.2) is 42.5 Å². The van der Waals surface area contributed by atoms with E-state index in [9.17, 15) is 4.79 Å². The molecule has 1 aliphatic rings. The van der Waals surface area contributed by atoms with E-state index in [0.717, 1.165) is 16.9 Å². The number of nitrogens with zero attached hydrogens (tertiary/aromatic N) is 1. The molecule has 0 saturated carbocycles. The number of fused-ring (bicyclic) bond motifs is 1. The molecular weight excluding hydrogens is 318 g/mol. The summed E-state index contributed by atoms with van der Waals surface area (Å²) in [6.07, 6.45) is 0. The Bertz CT molecular complexity index is 845. The second-order valence-electron chi connectivity index (χ2n) is 10.0. The first kappa shape index (κ1) is 18.7. The van der Waals surface area contributed by atoms with Crippen molar-refractivity contribution in [2.45, 2.75) is 71.6 Å². The van der Waals surface area contributed by atoms with Gasteiger partial charge in [-0.25, -0.2) is 0 Å². The van der Waals surface area contributed by atoms with E-state index in [0.29, 0.717) is 0 Å². The average molecular weight is 350 g/mol. The minimum atomic E-state index is -0.515. The summed E-state index contributed by atoms with van der Waals surface area (Å²) in [7, 11) is 0. The number of hydrogen-bond acceptors (Lipinski definition) is 1. The van der Waals surface area contributed by atoms with Gasteiger partial charge < -0.3 is 0 Å². The Hall–Kier alpha value is -2.09. The number of benzene rings is 2. The van der Waals surface area contributed by atoms with E-state index >= 15 is 0 Å². The fourth-order valence-corrected chi connectivity index (χ4v) is 3.57. The monoisotopic (exact) mass is 349 g/mol. The van der Waals surface area contributed by atoms with E-state index in [1.807, 2.05) is 18.7 Å². The maximum Gasteiger partial charge on any atom is 0.241 e. The number of hydrogen-bond donors (Lipinski definition) is 0. The van der Waals surface area contributed by atoms with Crippen molar-refractivity contribution in [1.82, 2.24) is 0 Å². The first-order valence-corrected chi connectivity index (χ1v) is 9.43. The van der Waals surface area contributed by atoms with E-state index in [1.54, 1.807) is 0 Å². The molecule has 1 aliphatic heterocycles. The van der Waals surface area contributed by atoms with Crippen molar-refractivity contribution in [3.63, 3.8) is 0 Å². The second-order valence-corrected chi connectivity index (χ2v) is 10.0. The summed E-state index contributed by atoms with van der Waals surface area (Å²) in [4.78, 5) is 15.1.